The van der Waals surface area contributed by atoms with Crippen LogP contribution in [0.4, 0.5) is 0 Å². The molecule has 0 fully saturated rings. The molecule has 91 heavy (non-hydrogen) atoms. The molecule has 0 radical (unpaired) electrons. The van der Waals surface area contributed by atoms with Crippen molar-refractivity contribution >= 4 is 80.6 Å². The molecule has 12 aromatic carbocycles. The number of imidazole rings is 1. The standard InChI is InChI=1S/C82H62N4O2Si2.Pt/c1-82(2,3)62-53-54-83-80(55-62)86-76-52-50-71(90(69-41-21-9-22-42-69,70-43-23-10-24-44-70)88-89(66-35-15-6-16-36-66,67-37-17-7-18-38-67)68-39-19-8-20-40-68)58-75(76)74-51-49-65(57-79(74)86)87-64-34-27-33-63(56-64)84-59-85(78-48-26-25-47-77(78)84)81-72(60-29-11-4-12-30-60)45-28-46-73(81)61-31-13-5-14-32-61;/h4-55,58H,1-3H3;/q-2;/i4D,5D,11D,12D,13D,14D,29D,30D,31D,32D;. The maximum absolute atomic E-state index is 9.17. The Bertz CT molecular complexity index is 5410. The zero-order chi connectivity index (χ0) is 69.4. The van der Waals surface area contributed by atoms with E-state index < -0.39 is 77.1 Å². The molecule has 3 aromatic heterocycles. The van der Waals surface area contributed by atoms with Crippen LogP contribution >= 0.6 is 0 Å². The second-order valence-electron chi connectivity index (χ2n) is 23.1. The van der Waals surface area contributed by atoms with Gasteiger partial charge in [0.25, 0.3) is 23.0 Å². The van der Waals surface area contributed by atoms with E-state index in [9.17, 15) is 5.48 Å². The molecule has 15 rings (SSSR count). The van der Waals surface area contributed by atoms with Crippen LogP contribution in [0.15, 0.2) is 321 Å². The van der Waals surface area contributed by atoms with E-state index in [0.717, 1.165) is 53.0 Å². The largest absolute Gasteiger partial charge is 0.510 e. The molecule has 0 N–H and O–H groups in total. The molecule has 15 aromatic rings. The molecule has 6 nitrogen and oxygen atoms in total. The fraction of sp³-hybridized carbons (Fsp3) is 0.0488. The van der Waals surface area contributed by atoms with Crippen molar-refractivity contribution in [3.05, 3.63) is 345 Å². The molecule has 0 bridgehead atoms. The van der Waals surface area contributed by atoms with E-state index >= 15 is 0 Å². The molecule has 0 aliphatic heterocycles. The minimum atomic E-state index is -3.68. The molecule has 442 valence electrons. The molecular formula is C82H62N4O2PtSi2-2. The Balaban J connectivity index is 0.00000866. The third-order valence-electron chi connectivity index (χ3n) is 16.7. The van der Waals surface area contributed by atoms with Crippen molar-refractivity contribution in [1.29, 1.82) is 0 Å². The van der Waals surface area contributed by atoms with Crippen LogP contribution in [-0.2, 0) is 30.6 Å². The topological polar surface area (TPSA) is 45.1 Å². The van der Waals surface area contributed by atoms with E-state index in [-0.39, 0.29) is 54.4 Å². The van der Waals surface area contributed by atoms with Gasteiger partial charge >= 0.3 is 0 Å². The number of ether oxygens (including phenoxy) is 1. The molecule has 0 atom stereocenters. The van der Waals surface area contributed by atoms with Gasteiger partial charge in [0, 0.05) is 44.3 Å². The van der Waals surface area contributed by atoms with E-state index in [1.807, 2.05) is 48.7 Å². The molecule has 0 aliphatic carbocycles. The minimum absolute atomic E-state index is 0. The van der Waals surface area contributed by atoms with E-state index in [1.54, 1.807) is 33.4 Å². The monoisotopic (exact) mass is 1400 g/mol. The summed E-state index contributed by atoms with van der Waals surface area (Å²) in [5.74, 6) is 1.40. The number of para-hydroxylation sites is 3. The third-order valence-corrected chi connectivity index (χ3v) is 26.0. The maximum atomic E-state index is 9.17. The summed E-state index contributed by atoms with van der Waals surface area (Å²) in [5.41, 5.74) is 4.16. The van der Waals surface area contributed by atoms with E-state index in [0.29, 0.717) is 39.6 Å². The first kappa shape index (κ1) is 47.9. The summed E-state index contributed by atoms with van der Waals surface area (Å²) in [6.07, 6.45) is 5.32. The minimum Gasteiger partial charge on any atom is -0.510 e. The number of pyridine rings is 1. The van der Waals surface area contributed by atoms with Crippen LogP contribution in [0, 0.1) is 18.5 Å². The van der Waals surface area contributed by atoms with Crippen molar-refractivity contribution in [3.8, 4) is 50.9 Å². The van der Waals surface area contributed by atoms with Crippen molar-refractivity contribution < 1.29 is 48.2 Å². The molecule has 0 amide bonds. The first-order valence-electron chi connectivity index (χ1n) is 34.8. The summed E-state index contributed by atoms with van der Waals surface area (Å²) in [4.78, 5) is 5.09. The van der Waals surface area contributed by atoms with Crippen LogP contribution in [0.3, 0.4) is 0 Å². The van der Waals surface area contributed by atoms with Gasteiger partial charge in [0.1, 0.15) is 5.82 Å². The number of benzene rings is 12. The van der Waals surface area contributed by atoms with Gasteiger partial charge in [-0.15, -0.1) is 29.7 Å². The molecule has 3 heterocycles. The Hall–Kier alpha value is -10.1. The van der Waals surface area contributed by atoms with E-state index in [2.05, 4.69) is 232 Å². The molecule has 0 spiro atoms. The van der Waals surface area contributed by atoms with Crippen LogP contribution in [-0.4, -0.2) is 30.8 Å². The van der Waals surface area contributed by atoms with Crippen LogP contribution in [0.1, 0.15) is 40.0 Å². The Labute approximate surface area is 562 Å². The summed E-state index contributed by atoms with van der Waals surface area (Å²) >= 11 is 0. The average Bonchev–Trinajstić information content (AvgIpc) is 1.47. The van der Waals surface area contributed by atoms with Crippen molar-refractivity contribution in [3.63, 3.8) is 0 Å². The number of fused-ring (bicyclic) bond motifs is 4. The van der Waals surface area contributed by atoms with Crippen molar-refractivity contribution in [1.82, 2.24) is 14.1 Å². The summed E-state index contributed by atoms with van der Waals surface area (Å²) in [5, 5.41) is 8.42. The molecule has 0 aliphatic rings. The van der Waals surface area contributed by atoms with Gasteiger partial charge in [-0.25, -0.2) is 4.98 Å². The zero-order valence-corrected chi connectivity index (χ0v) is 54.0. The van der Waals surface area contributed by atoms with Crippen LogP contribution in [0.25, 0.3) is 72.3 Å². The normalized spacial score (nSPS) is 13.4. The molecule has 0 unspecified atom stereocenters. The van der Waals surface area contributed by atoms with Gasteiger partial charge in [-0.3, -0.25) is 4.57 Å². The smallest absolute Gasteiger partial charge is 0.278 e. The van der Waals surface area contributed by atoms with Gasteiger partial charge in [-0.2, -0.15) is 18.2 Å². The van der Waals surface area contributed by atoms with E-state index in [4.69, 9.17) is 22.1 Å². The van der Waals surface area contributed by atoms with Crippen LogP contribution in [0.5, 0.6) is 11.5 Å². The Kier molecular flexibility index (Phi) is 13.0. The molecule has 9 heteroatoms. The number of hydrogen-bond donors (Lipinski definition) is 0. The van der Waals surface area contributed by atoms with E-state index in [1.165, 1.54) is 0 Å². The Morgan fingerprint density at radius 3 is 1.52 bits per heavy atom. The summed E-state index contributed by atoms with van der Waals surface area (Å²) < 4.78 is 110. The Morgan fingerprint density at radius 1 is 0.462 bits per heavy atom. The summed E-state index contributed by atoms with van der Waals surface area (Å²) in [6.45, 7) is 6.56. The summed E-state index contributed by atoms with van der Waals surface area (Å²) in [7, 11) is -7.17. The number of nitrogens with zero attached hydrogens (tertiary/aromatic N) is 4. The molecule has 0 saturated carbocycles. The number of hydrogen-bond acceptors (Lipinski definition) is 3. The summed E-state index contributed by atoms with van der Waals surface area (Å²) in [6, 6.07) is 88.0. The fourth-order valence-corrected chi connectivity index (χ4v) is 23.1. The quantitative estimate of drug-likeness (QED) is 0.0445. The average molecular weight is 1400 g/mol. The third kappa shape index (κ3) is 10.7. The second-order valence-corrected chi connectivity index (χ2v) is 30.1. The van der Waals surface area contributed by atoms with Crippen LogP contribution < -0.4 is 40.4 Å². The van der Waals surface area contributed by atoms with Gasteiger partial charge in [0.05, 0.1) is 30.4 Å². The van der Waals surface area contributed by atoms with Crippen molar-refractivity contribution in [2.24, 2.45) is 0 Å². The predicted octanol–water partition coefficient (Wildman–Crippen LogP) is 14.9. The molecule has 0 saturated heterocycles. The maximum Gasteiger partial charge on any atom is 0.278 e. The number of aromatic nitrogens is 4. The number of rotatable bonds is 15. The van der Waals surface area contributed by atoms with Gasteiger partial charge in [0.2, 0.25) is 0 Å². The predicted molar refractivity (Wildman–Crippen MR) is 372 cm³/mol. The van der Waals surface area contributed by atoms with Gasteiger partial charge in [0.15, 0.2) is 0 Å². The second kappa shape index (κ2) is 24.7. The van der Waals surface area contributed by atoms with Gasteiger partial charge in [-0.05, 0) is 93.6 Å². The van der Waals surface area contributed by atoms with Gasteiger partial charge < -0.3 is 18.0 Å². The van der Waals surface area contributed by atoms with Crippen molar-refractivity contribution in [2.45, 2.75) is 26.2 Å². The molecular weight excluding hydrogens is 1320 g/mol. The zero-order valence-electron chi connectivity index (χ0n) is 59.7. The first-order chi connectivity index (χ1) is 48.4. The van der Waals surface area contributed by atoms with Crippen molar-refractivity contribution in [2.75, 3.05) is 0 Å². The fourth-order valence-electron chi connectivity index (χ4n) is 12.5. The SMILES string of the molecule is [2H]c1c([2H])c([2H])c(-c2cccc(-c3c([2H])c([2H])c([2H])c([2H])c3[2H])c2-[n+]2[c-]n(-c3[c-]c(Oc4[c-]c5c(cc4)c4cc([Si](O[Si](c6ccccc6)(c6ccccc6)c6ccccc6)(c6ccccc6)c6ccccc6)ccc4n5-c4cc(C(C)(C)C)ccn4)ccc3)c3ccccc32)c([2H])c1[2H].[Pt]. The van der Waals surface area contributed by atoms with Gasteiger partial charge in [-0.1, -0.05) is 293 Å². The van der Waals surface area contributed by atoms with Crippen LogP contribution in [0.2, 0.25) is 0 Å². The Morgan fingerprint density at radius 2 is 0.967 bits per heavy atom. The first-order valence-corrected chi connectivity index (χ1v) is 33.6.